The molecular weight excluding hydrogens is 388 g/mol. The van der Waals surface area contributed by atoms with E-state index in [1.807, 2.05) is 67.4 Å². The summed E-state index contributed by atoms with van der Waals surface area (Å²) in [7, 11) is 1.87. The van der Waals surface area contributed by atoms with Gasteiger partial charge in [0.2, 0.25) is 0 Å². The minimum Gasteiger partial charge on any atom is -0.368 e. The minimum atomic E-state index is -0.0927. The highest BCUT2D eigenvalue weighted by molar-refractivity contribution is 6.30. The first-order valence-corrected chi connectivity index (χ1v) is 10.2. The Morgan fingerprint density at radius 2 is 1.72 bits per heavy atom. The van der Waals surface area contributed by atoms with Crippen molar-refractivity contribution in [3.05, 3.63) is 59.1 Å². The first kappa shape index (κ1) is 21.1. The highest BCUT2D eigenvalue weighted by Crippen LogP contribution is 2.20. The van der Waals surface area contributed by atoms with Crippen LogP contribution in [0.15, 0.2) is 48.5 Å². The maximum Gasteiger partial charge on any atom is 0.279 e. The molecule has 1 aliphatic heterocycles. The van der Waals surface area contributed by atoms with Crippen molar-refractivity contribution in [2.24, 2.45) is 0 Å². The number of nitrogens with one attached hydrogen (secondary N) is 2. The van der Waals surface area contributed by atoms with Crippen molar-refractivity contribution >= 4 is 34.8 Å². The van der Waals surface area contributed by atoms with Crippen LogP contribution >= 0.6 is 11.6 Å². The zero-order chi connectivity index (χ0) is 20.8. The number of aryl methyl sites for hydroxylation is 1. The van der Waals surface area contributed by atoms with Gasteiger partial charge in [0, 0.05) is 42.6 Å². The Labute approximate surface area is 177 Å². The number of carbonyl (C=O) groups excluding carboxylic acids is 2. The summed E-state index contributed by atoms with van der Waals surface area (Å²) in [6.07, 6.45) is 0. The monoisotopic (exact) mass is 415 g/mol. The molecule has 1 aliphatic rings. The zero-order valence-electron chi connectivity index (χ0n) is 17.0. The molecule has 1 saturated heterocycles. The molecule has 2 aromatic rings. The standard InChI is InChI=1S/C22H27ClN4O2/c1-17-6-8-19(9-7-17)24-21(28)15-25(2)16-22(29)27-12-10-26(11-13-27)20-5-3-4-18(23)14-20/h3-9,14H,10-13,15-16H2,1-2H3,(H,24,28)/p+1. The average molecular weight is 416 g/mol. The van der Waals surface area contributed by atoms with Gasteiger partial charge in [0.1, 0.15) is 0 Å². The smallest absolute Gasteiger partial charge is 0.279 e. The number of anilines is 2. The molecule has 2 amide bonds. The van der Waals surface area contributed by atoms with Crippen LogP contribution in [-0.4, -0.2) is 63.0 Å². The number of halogens is 1. The predicted molar refractivity (Wildman–Crippen MR) is 117 cm³/mol. The molecule has 0 bridgehead atoms. The van der Waals surface area contributed by atoms with Gasteiger partial charge in [-0.3, -0.25) is 9.59 Å². The fraction of sp³-hybridized carbons (Fsp3) is 0.364. The SMILES string of the molecule is Cc1ccc(NC(=O)C[NH+](C)CC(=O)N2CCN(c3cccc(Cl)c3)CC2)cc1. The first-order valence-electron chi connectivity index (χ1n) is 9.87. The van der Waals surface area contributed by atoms with Gasteiger partial charge in [-0.25, -0.2) is 0 Å². The fourth-order valence-corrected chi connectivity index (χ4v) is 3.62. The molecule has 0 spiro atoms. The molecule has 2 N–H and O–H groups in total. The fourth-order valence-electron chi connectivity index (χ4n) is 3.44. The summed E-state index contributed by atoms with van der Waals surface area (Å²) in [5.41, 5.74) is 3.00. The van der Waals surface area contributed by atoms with Crippen LogP contribution in [0.3, 0.4) is 0 Å². The lowest BCUT2D eigenvalue weighted by Crippen LogP contribution is -3.11. The van der Waals surface area contributed by atoms with E-state index in [1.165, 1.54) is 0 Å². The van der Waals surface area contributed by atoms with E-state index in [1.54, 1.807) is 0 Å². The maximum atomic E-state index is 12.6. The molecule has 1 heterocycles. The van der Waals surface area contributed by atoms with E-state index in [2.05, 4.69) is 10.2 Å². The second kappa shape index (κ2) is 9.76. The first-order chi connectivity index (χ1) is 13.9. The Morgan fingerprint density at radius 1 is 1.03 bits per heavy atom. The molecule has 0 radical (unpaired) electrons. The lowest BCUT2D eigenvalue weighted by atomic mass is 10.2. The van der Waals surface area contributed by atoms with Gasteiger partial charge in [0.25, 0.3) is 11.8 Å². The quantitative estimate of drug-likeness (QED) is 0.750. The van der Waals surface area contributed by atoms with Gasteiger partial charge in [-0.15, -0.1) is 0 Å². The van der Waals surface area contributed by atoms with Gasteiger partial charge in [0.15, 0.2) is 13.1 Å². The van der Waals surface area contributed by atoms with Crippen LogP contribution in [-0.2, 0) is 9.59 Å². The Balaban J connectivity index is 1.43. The molecule has 0 aromatic heterocycles. The van der Waals surface area contributed by atoms with Crippen LogP contribution in [0.25, 0.3) is 0 Å². The molecule has 154 valence electrons. The van der Waals surface area contributed by atoms with Gasteiger partial charge < -0.3 is 20.0 Å². The molecular formula is C22H28ClN4O2+. The number of piperazine rings is 1. The predicted octanol–water partition coefficient (Wildman–Crippen LogP) is 1.45. The summed E-state index contributed by atoms with van der Waals surface area (Å²) < 4.78 is 0. The van der Waals surface area contributed by atoms with E-state index in [0.717, 1.165) is 40.0 Å². The van der Waals surface area contributed by atoms with E-state index in [0.29, 0.717) is 19.6 Å². The number of nitrogens with zero attached hydrogens (tertiary/aromatic N) is 2. The molecule has 1 fully saturated rings. The number of carbonyl (C=O) groups is 2. The van der Waals surface area contributed by atoms with Gasteiger partial charge in [-0.2, -0.15) is 0 Å². The molecule has 1 atom stereocenters. The van der Waals surface area contributed by atoms with Crippen molar-refractivity contribution in [3.63, 3.8) is 0 Å². The summed E-state index contributed by atoms with van der Waals surface area (Å²) in [6.45, 7) is 5.46. The number of rotatable bonds is 6. The third kappa shape index (κ3) is 6.21. The number of benzene rings is 2. The molecule has 2 aromatic carbocycles. The second-order valence-electron chi connectivity index (χ2n) is 7.57. The summed E-state index contributed by atoms with van der Waals surface area (Å²) in [6, 6.07) is 15.5. The Morgan fingerprint density at radius 3 is 2.38 bits per heavy atom. The van der Waals surface area contributed by atoms with Gasteiger partial charge in [-0.05, 0) is 37.3 Å². The highest BCUT2D eigenvalue weighted by atomic mass is 35.5. The Hall–Kier alpha value is -2.57. The van der Waals surface area contributed by atoms with Gasteiger partial charge >= 0.3 is 0 Å². The van der Waals surface area contributed by atoms with Gasteiger partial charge in [0.05, 0.1) is 7.05 Å². The minimum absolute atomic E-state index is 0.0800. The van der Waals surface area contributed by atoms with Crippen molar-refractivity contribution in [2.75, 3.05) is 56.5 Å². The lowest BCUT2D eigenvalue weighted by molar-refractivity contribution is -0.862. The topological polar surface area (TPSA) is 57.1 Å². The Bertz CT molecular complexity index is 848. The second-order valence-corrected chi connectivity index (χ2v) is 8.01. The molecule has 0 saturated carbocycles. The molecule has 1 unspecified atom stereocenters. The van der Waals surface area contributed by atoms with Crippen molar-refractivity contribution in [1.82, 2.24) is 4.90 Å². The maximum absolute atomic E-state index is 12.6. The third-order valence-corrected chi connectivity index (χ3v) is 5.29. The van der Waals surface area contributed by atoms with E-state index in [-0.39, 0.29) is 18.4 Å². The summed E-state index contributed by atoms with van der Waals surface area (Å²) >= 11 is 6.07. The number of hydrogen-bond acceptors (Lipinski definition) is 3. The highest BCUT2D eigenvalue weighted by Gasteiger charge is 2.24. The number of quaternary nitrogens is 1. The number of likely N-dealkylation sites (N-methyl/N-ethyl adjacent to an activating group) is 1. The van der Waals surface area contributed by atoms with Crippen LogP contribution in [0.1, 0.15) is 5.56 Å². The average Bonchev–Trinajstić information content (AvgIpc) is 2.69. The van der Waals surface area contributed by atoms with Crippen LogP contribution < -0.4 is 15.1 Å². The number of amides is 2. The van der Waals surface area contributed by atoms with Crippen LogP contribution in [0.4, 0.5) is 11.4 Å². The van der Waals surface area contributed by atoms with Crippen LogP contribution in [0, 0.1) is 6.92 Å². The normalized spacial score (nSPS) is 15.1. The van der Waals surface area contributed by atoms with Crippen molar-refractivity contribution in [3.8, 4) is 0 Å². The third-order valence-electron chi connectivity index (χ3n) is 5.06. The zero-order valence-corrected chi connectivity index (χ0v) is 17.7. The largest absolute Gasteiger partial charge is 0.368 e. The van der Waals surface area contributed by atoms with Crippen LogP contribution in [0.5, 0.6) is 0 Å². The van der Waals surface area contributed by atoms with Crippen molar-refractivity contribution in [2.45, 2.75) is 6.92 Å². The summed E-state index contributed by atoms with van der Waals surface area (Å²) in [5, 5.41) is 3.60. The van der Waals surface area contributed by atoms with E-state index < -0.39 is 0 Å². The molecule has 0 aliphatic carbocycles. The van der Waals surface area contributed by atoms with E-state index >= 15 is 0 Å². The Kier molecular flexibility index (Phi) is 7.12. The number of hydrogen-bond donors (Lipinski definition) is 2. The van der Waals surface area contributed by atoms with Crippen molar-refractivity contribution < 1.29 is 14.5 Å². The molecule has 3 rings (SSSR count). The van der Waals surface area contributed by atoms with E-state index in [4.69, 9.17) is 11.6 Å². The lowest BCUT2D eigenvalue weighted by Gasteiger charge is -2.36. The molecule has 29 heavy (non-hydrogen) atoms. The van der Waals surface area contributed by atoms with Crippen LogP contribution in [0.2, 0.25) is 5.02 Å². The van der Waals surface area contributed by atoms with E-state index in [9.17, 15) is 9.59 Å². The van der Waals surface area contributed by atoms with Crippen molar-refractivity contribution in [1.29, 1.82) is 0 Å². The summed E-state index contributed by atoms with van der Waals surface area (Å²) in [4.78, 5) is 29.8. The molecule has 7 heteroatoms. The molecule has 6 nitrogen and oxygen atoms in total. The van der Waals surface area contributed by atoms with Gasteiger partial charge in [-0.1, -0.05) is 35.4 Å². The summed E-state index contributed by atoms with van der Waals surface area (Å²) in [5.74, 6) is -0.0127.